The summed E-state index contributed by atoms with van der Waals surface area (Å²) in [4.78, 5) is 16.5. The molecule has 1 fully saturated rings. The fourth-order valence-corrected chi connectivity index (χ4v) is 2.34. The van der Waals surface area contributed by atoms with Crippen LogP contribution in [0.1, 0.15) is 23.0 Å². The van der Waals surface area contributed by atoms with Crippen LogP contribution in [-0.4, -0.2) is 62.0 Å². The summed E-state index contributed by atoms with van der Waals surface area (Å²) in [5.74, 6) is 0.833. The number of likely N-dealkylation sites (N-methyl/N-ethyl adjacent to an activating group) is 1. The lowest BCUT2D eigenvalue weighted by atomic mass is 10.2. The molecule has 1 aliphatic heterocycles. The van der Waals surface area contributed by atoms with Gasteiger partial charge in [0.15, 0.2) is 0 Å². The van der Waals surface area contributed by atoms with Crippen LogP contribution in [0, 0.1) is 0 Å². The van der Waals surface area contributed by atoms with E-state index in [1.54, 1.807) is 17.2 Å². The van der Waals surface area contributed by atoms with Crippen molar-refractivity contribution in [3.63, 3.8) is 0 Å². The van der Waals surface area contributed by atoms with Gasteiger partial charge in [0.25, 0.3) is 5.91 Å². The van der Waals surface area contributed by atoms with E-state index in [9.17, 15) is 4.79 Å². The Morgan fingerprint density at radius 2 is 2.21 bits per heavy atom. The van der Waals surface area contributed by atoms with Gasteiger partial charge in [-0.2, -0.15) is 0 Å². The molecular formula is C14H23N3O2. The normalized spacial score (nSPS) is 16.5. The van der Waals surface area contributed by atoms with E-state index < -0.39 is 0 Å². The fourth-order valence-electron chi connectivity index (χ4n) is 2.34. The molecule has 1 N–H and O–H groups in total. The number of nitrogens with one attached hydrogen (secondary N) is 1. The second kappa shape index (κ2) is 6.73. The van der Waals surface area contributed by atoms with Gasteiger partial charge in [0.2, 0.25) is 0 Å². The first-order valence-electron chi connectivity index (χ1n) is 6.97. The van der Waals surface area contributed by atoms with Crippen molar-refractivity contribution in [2.75, 3.05) is 46.3 Å². The number of piperazine rings is 1. The van der Waals surface area contributed by atoms with Crippen molar-refractivity contribution in [3.8, 4) is 0 Å². The highest BCUT2D eigenvalue weighted by Crippen LogP contribution is 2.13. The largest absolute Gasteiger partial charge is 0.469 e. The summed E-state index contributed by atoms with van der Waals surface area (Å²) < 4.78 is 5.31. The predicted octanol–water partition coefficient (Wildman–Crippen LogP) is 0.819. The second-order valence-corrected chi connectivity index (χ2v) is 4.93. The van der Waals surface area contributed by atoms with Crippen LogP contribution in [0.3, 0.4) is 0 Å². The number of aryl methyl sites for hydroxylation is 1. The van der Waals surface area contributed by atoms with Crippen LogP contribution in [0.15, 0.2) is 16.7 Å². The number of hydrogen-bond donors (Lipinski definition) is 1. The highest BCUT2D eigenvalue weighted by atomic mass is 16.3. The molecule has 2 rings (SSSR count). The highest BCUT2D eigenvalue weighted by molar-refractivity contribution is 5.95. The minimum absolute atomic E-state index is 0.0562. The van der Waals surface area contributed by atoms with E-state index >= 15 is 0 Å². The summed E-state index contributed by atoms with van der Waals surface area (Å²) in [6.07, 6.45) is 2.34. The van der Waals surface area contributed by atoms with Crippen LogP contribution >= 0.6 is 0 Å². The van der Waals surface area contributed by atoms with E-state index in [0.717, 1.165) is 51.4 Å². The number of rotatable bonds is 5. The van der Waals surface area contributed by atoms with E-state index in [1.807, 2.05) is 14.0 Å². The Hall–Kier alpha value is -1.33. The average molecular weight is 265 g/mol. The molecule has 0 saturated carbocycles. The quantitative estimate of drug-likeness (QED) is 0.856. The van der Waals surface area contributed by atoms with Crippen LogP contribution in [0.2, 0.25) is 0 Å². The molecule has 106 valence electrons. The van der Waals surface area contributed by atoms with E-state index in [2.05, 4.69) is 10.2 Å². The third-order valence-corrected chi connectivity index (χ3v) is 3.60. The molecule has 0 aliphatic carbocycles. The molecular weight excluding hydrogens is 242 g/mol. The zero-order valence-corrected chi connectivity index (χ0v) is 11.8. The van der Waals surface area contributed by atoms with Gasteiger partial charge in [-0.25, -0.2) is 0 Å². The fraction of sp³-hybridized carbons (Fsp3) is 0.643. The van der Waals surface area contributed by atoms with Crippen molar-refractivity contribution in [1.29, 1.82) is 0 Å². The van der Waals surface area contributed by atoms with E-state index in [0.29, 0.717) is 5.56 Å². The van der Waals surface area contributed by atoms with Crippen molar-refractivity contribution in [3.05, 3.63) is 23.7 Å². The monoisotopic (exact) mass is 265 g/mol. The summed E-state index contributed by atoms with van der Waals surface area (Å²) in [5, 5.41) is 3.33. The molecule has 0 radical (unpaired) electrons. The summed E-state index contributed by atoms with van der Waals surface area (Å²) in [6, 6.07) is 1.77. The Bertz CT molecular complexity index is 411. The van der Waals surface area contributed by atoms with E-state index in [-0.39, 0.29) is 5.91 Å². The number of carbonyl (C=O) groups excluding carboxylic acids is 1. The molecule has 1 saturated heterocycles. The van der Waals surface area contributed by atoms with Gasteiger partial charge < -0.3 is 14.6 Å². The van der Waals surface area contributed by atoms with Gasteiger partial charge in [-0.05, 0) is 6.07 Å². The maximum Gasteiger partial charge on any atom is 0.257 e. The van der Waals surface area contributed by atoms with Gasteiger partial charge in [-0.3, -0.25) is 9.69 Å². The Morgan fingerprint density at radius 3 is 2.89 bits per heavy atom. The zero-order chi connectivity index (χ0) is 13.7. The Morgan fingerprint density at radius 1 is 1.47 bits per heavy atom. The summed E-state index contributed by atoms with van der Waals surface area (Å²) in [6.45, 7) is 7.90. The van der Waals surface area contributed by atoms with Crippen molar-refractivity contribution in [2.45, 2.75) is 13.3 Å². The maximum atomic E-state index is 12.3. The van der Waals surface area contributed by atoms with Gasteiger partial charge in [0.05, 0.1) is 11.8 Å². The van der Waals surface area contributed by atoms with Crippen LogP contribution in [-0.2, 0) is 6.42 Å². The number of amides is 1. The molecule has 0 aromatic carbocycles. The van der Waals surface area contributed by atoms with E-state index in [4.69, 9.17) is 4.42 Å². The van der Waals surface area contributed by atoms with Gasteiger partial charge >= 0.3 is 0 Å². The van der Waals surface area contributed by atoms with Crippen molar-refractivity contribution < 1.29 is 9.21 Å². The predicted molar refractivity (Wildman–Crippen MR) is 74.4 cm³/mol. The SMILES string of the molecule is CCc1occc1C(=O)N(C)CCN1CCNCC1. The second-order valence-electron chi connectivity index (χ2n) is 4.93. The van der Waals surface area contributed by atoms with Gasteiger partial charge in [-0.15, -0.1) is 0 Å². The minimum Gasteiger partial charge on any atom is -0.469 e. The Labute approximate surface area is 114 Å². The number of nitrogens with zero attached hydrogens (tertiary/aromatic N) is 2. The average Bonchev–Trinajstić information content (AvgIpc) is 2.93. The molecule has 0 atom stereocenters. The lowest BCUT2D eigenvalue weighted by Crippen LogP contribution is -2.46. The molecule has 5 heteroatoms. The number of furan rings is 1. The summed E-state index contributed by atoms with van der Waals surface area (Å²) in [5.41, 5.74) is 0.699. The molecule has 0 bridgehead atoms. The first-order valence-corrected chi connectivity index (χ1v) is 6.97. The molecule has 0 spiro atoms. The summed E-state index contributed by atoms with van der Waals surface area (Å²) in [7, 11) is 1.86. The van der Waals surface area contributed by atoms with Crippen LogP contribution < -0.4 is 5.32 Å². The molecule has 1 aromatic heterocycles. The highest BCUT2D eigenvalue weighted by Gasteiger charge is 2.18. The standard InChI is InChI=1S/C14H23N3O2/c1-3-13-12(4-11-19-13)14(18)16(2)9-10-17-7-5-15-6-8-17/h4,11,15H,3,5-10H2,1-2H3. The number of carbonyl (C=O) groups is 1. The third-order valence-electron chi connectivity index (χ3n) is 3.60. The van der Waals surface area contributed by atoms with Gasteiger partial charge in [0.1, 0.15) is 5.76 Å². The topological polar surface area (TPSA) is 48.7 Å². The number of hydrogen-bond acceptors (Lipinski definition) is 4. The minimum atomic E-state index is 0.0562. The molecule has 5 nitrogen and oxygen atoms in total. The first-order chi connectivity index (χ1) is 9.22. The van der Waals surface area contributed by atoms with Crippen LogP contribution in [0.25, 0.3) is 0 Å². The molecule has 19 heavy (non-hydrogen) atoms. The molecule has 1 aliphatic rings. The van der Waals surface area contributed by atoms with Crippen LogP contribution in [0.4, 0.5) is 0 Å². The Kier molecular flexibility index (Phi) is 4.99. The smallest absolute Gasteiger partial charge is 0.257 e. The van der Waals surface area contributed by atoms with Crippen molar-refractivity contribution >= 4 is 5.91 Å². The Balaban J connectivity index is 1.85. The first kappa shape index (κ1) is 14.1. The van der Waals surface area contributed by atoms with Crippen LogP contribution in [0.5, 0.6) is 0 Å². The van der Waals surface area contributed by atoms with Crippen molar-refractivity contribution in [2.24, 2.45) is 0 Å². The lowest BCUT2D eigenvalue weighted by Gasteiger charge is -2.29. The molecule has 2 heterocycles. The zero-order valence-electron chi connectivity index (χ0n) is 11.8. The van der Waals surface area contributed by atoms with Gasteiger partial charge in [-0.1, -0.05) is 6.92 Å². The maximum absolute atomic E-state index is 12.3. The van der Waals surface area contributed by atoms with E-state index in [1.165, 1.54) is 0 Å². The summed E-state index contributed by atoms with van der Waals surface area (Å²) >= 11 is 0. The molecule has 1 amide bonds. The van der Waals surface area contributed by atoms with Gasteiger partial charge in [0, 0.05) is 52.7 Å². The molecule has 1 aromatic rings. The molecule has 0 unspecified atom stereocenters. The lowest BCUT2D eigenvalue weighted by molar-refractivity contribution is 0.0772. The third kappa shape index (κ3) is 3.58. The van der Waals surface area contributed by atoms with Crippen molar-refractivity contribution in [1.82, 2.24) is 15.1 Å².